The van der Waals surface area contributed by atoms with Gasteiger partial charge in [-0.25, -0.2) is 0 Å². The van der Waals surface area contributed by atoms with Crippen molar-refractivity contribution in [2.75, 3.05) is 19.7 Å². The highest BCUT2D eigenvalue weighted by Gasteiger charge is 2.42. The fourth-order valence-electron chi connectivity index (χ4n) is 3.10. The van der Waals surface area contributed by atoms with E-state index in [1.165, 1.54) is 18.6 Å². The Balaban J connectivity index is 0.000000155. The highest BCUT2D eigenvalue weighted by Crippen LogP contribution is 2.42. The third kappa shape index (κ3) is 2.92. The molecule has 4 aliphatic rings. The zero-order chi connectivity index (χ0) is 12.9. The van der Waals surface area contributed by atoms with Gasteiger partial charge in [0.25, 0.3) is 0 Å². The van der Waals surface area contributed by atoms with Gasteiger partial charge in [0.05, 0.1) is 6.26 Å². The van der Waals surface area contributed by atoms with Crippen LogP contribution in [-0.2, 0) is 9.47 Å². The maximum absolute atomic E-state index is 5.92. The molecule has 0 amide bonds. The quantitative estimate of drug-likeness (QED) is 0.725. The van der Waals surface area contributed by atoms with E-state index in [0.717, 1.165) is 25.6 Å². The van der Waals surface area contributed by atoms with E-state index in [1.54, 1.807) is 6.26 Å². The summed E-state index contributed by atoms with van der Waals surface area (Å²) in [6.07, 6.45) is 16.9. The molecule has 0 spiro atoms. The summed E-state index contributed by atoms with van der Waals surface area (Å²) in [7, 11) is 0. The van der Waals surface area contributed by atoms with Crippen LogP contribution in [0.1, 0.15) is 12.8 Å². The number of hydrogen-bond acceptors (Lipinski definition) is 3. The third-order valence-corrected chi connectivity index (χ3v) is 4.05. The Morgan fingerprint density at radius 1 is 1.16 bits per heavy atom. The lowest BCUT2D eigenvalue weighted by Crippen LogP contribution is -2.39. The van der Waals surface area contributed by atoms with Crippen LogP contribution in [0, 0.1) is 11.8 Å². The van der Waals surface area contributed by atoms with Crippen molar-refractivity contribution in [3.05, 3.63) is 48.5 Å². The standard InChI is InChI=1S/C11H15NO.C5H6O/c1-2-4-10-8(3-1)9-5-6-12-7-11(9)13-10;1-2-4-6-5-3-1/h1-2,4,8-9,11-12H,3,5-7H2;1-4H,5H2. The molecule has 0 aromatic carbocycles. The second kappa shape index (κ2) is 6.11. The molecule has 19 heavy (non-hydrogen) atoms. The largest absolute Gasteiger partial charge is 0.497 e. The highest BCUT2D eigenvalue weighted by molar-refractivity contribution is 5.21. The van der Waals surface area contributed by atoms with E-state index >= 15 is 0 Å². The number of piperidine rings is 1. The predicted octanol–water partition coefficient (Wildman–Crippen LogP) is 2.54. The minimum Gasteiger partial charge on any atom is -0.497 e. The van der Waals surface area contributed by atoms with Crippen molar-refractivity contribution in [1.29, 1.82) is 0 Å². The molecule has 0 bridgehead atoms. The molecule has 3 nitrogen and oxygen atoms in total. The van der Waals surface area contributed by atoms with Crippen LogP contribution in [0.2, 0.25) is 0 Å². The minimum absolute atomic E-state index is 0.449. The first-order chi connectivity index (χ1) is 9.45. The molecule has 102 valence electrons. The van der Waals surface area contributed by atoms with Crippen molar-refractivity contribution in [1.82, 2.24) is 5.32 Å². The topological polar surface area (TPSA) is 30.5 Å². The van der Waals surface area contributed by atoms with Crippen molar-refractivity contribution in [2.24, 2.45) is 11.8 Å². The molecule has 3 heteroatoms. The molecule has 3 unspecified atom stereocenters. The van der Waals surface area contributed by atoms with Gasteiger partial charge in [-0.2, -0.15) is 0 Å². The van der Waals surface area contributed by atoms with E-state index in [9.17, 15) is 0 Å². The minimum atomic E-state index is 0.449. The molecule has 0 aromatic heterocycles. The van der Waals surface area contributed by atoms with E-state index in [4.69, 9.17) is 9.47 Å². The Hall–Kier alpha value is -1.48. The molecular weight excluding hydrogens is 238 g/mol. The van der Waals surface area contributed by atoms with Crippen LogP contribution in [-0.4, -0.2) is 25.8 Å². The highest BCUT2D eigenvalue weighted by atomic mass is 16.5. The normalized spacial score (nSPS) is 34.1. The van der Waals surface area contributed by atoms with Gasteiger partial charge in [-0.15, -0.1) is 0 Å². The molecule has 0 radical (unpaired) electrons. The first kappa shape index (κ1) is 12.5. The van der Waals surface area contributed by atoms with Crippen LogP contribution in [0.5, 0.6) is 0 Å². The van der Waals surface area contributed by atoms with Gasteiger partial charge in [0, 0.05) is 18.4 Å². The number of hydrogen-bond donors (Lipinski definition) is 1. The smallest absolute Gasteiger partial charge is 0.114 e. The van der Waals surface area contributed by atoms with Gasteiger partial charge in [-0.1, -0.05) is 18.2 Å². The van der Waals surface area contributed by atoms with Gasteiger partial charge < -0.3 is 14.8 Å². The number of ether oxygens (including phenoxy) is 2. The Morgan fingerprint density at radius 2 is 2.16 bits per heavy atom. The number of nitrogens with one attached hydrogen (secondary N) is 1. The summed E-state index contributed by atoms with van der Waals surface area (Å²) in [5.74, 6) is 2.70. The van der Waals surface area contributed by atoms with Crippen molar-refractivity contribution >= 4 is 0 Å². The summed E-state index contributed by atoms with van der Waals surface area (Å²) in [6.45, 7) is 2.94. The van der Waals surface area contributed by atoms with Gasteiger partial charge in [0.2, 0.25) is 0 Å². The van der Waals surface area contributed by atoms with Crippen molar-refractivity contribution in [3.63, 3.8) is 0 Å². The molecule has 0 aromatic rings. The van der Waals surface area contributed by atoms with Crippen molar-refractivity contribution in [2.45, 2.75) is 18.9 Å². The summed E-state index contributed by atoms with van der Waals surface area (Å²) in [6, 6.07) is 0. The molecule has 3 atom stereocenters. The third-order valence-electron chi connectivity index (χ3n) is 4.05. The second-order valence-electron chi connectivity index (χ2n) is 5.24. The average Bonchev–Trinajstić information content (AvgIpc) is 2.88. The van der Waals surface area contributed by atoms with Crippen LogP contribution >= 0.6 is 0 Å². The molecule has 1 N–H and O–H groups in total. The molecular formula is C16H21NO2. The van der Waals surface area contributed by atoms with Crippen LogP contribution < -0.4 is 5.32 Å². The number of rotatable bonds is 0. The fourth-order valence-corrected chi connectivity index (χ4v) is 3.10. The van der Waals surface area contributed by atoms with Gasteiger partial charge in [0.1, 0.15) is 18.5 Å². The number of allylic oxidation sites excluding steroid dienone is 6. The summed E-state index contributed by atoms with van der Waals surface area (Å²) in [5.41, 5.74) is 0. The average molecular weight is 259 g/mol. The van der Waals surface area contributed by atoms with Crippen LogP contribution in [0.15, 0.2) is 48.5 Å². The molecule has 3 heterocycles. The second-order valence-corrected chi connectivity index (χ2v) is 5.24. The Morgan fingerprint density at radius 3 is 2.89 bits per heavy atom. The summed E-state index contributed by atoms with van der Waals surface area (Å²) in [4.78, 5) is 0. The van der Waals surface area contributed by atoms with Crippen LogP contribution in [0.4, 0.5) is 0 Å². The first-order valence-electron chi connectivity index (χ1n) is 7.12. The number of fused-ring (bicyclic) bond motifs is 3. The van der Waals surface area contributed by atoms with Gasteiger partial charge >= 0.3 is 0 Å². The Bertz CT molecular complexity index is 410. The maximum atomic E-state index is 5.92. The van der Waals surface area contributed by atoms with Gasteiger partial charge in [0.15, 0.2) is 0 Å². The molecule has 0 saturated carbocycles. The lowest BCUT2D eigenvalue weighted by molar-refractivity contribution is 0.108. The van der Waals surface area contributed by atoms with E-state index in [-0.39, 0.29) is 0 Å². The van der Waals surface area contributed by atoms with Crippen LogP contribution in [0.25, 0.3) is 0 Å². The lowest BCUT2D eigenvalue weighted by atomic mass is 9.81. The van der Waals surface area contributed by atoms with Crippen molar-refractivity contribution in [3.8, 4) is 0 Å². The zero-order valence-electron chi connectivity index (χ0n) is 11.1. The Kier molecular flexibility index (Phi) is 4.04. The zero-order valence-corrected chi connectivity index (χ0v) is 11.1. The predicted molar refractivity (Wildman–Crippen MR) is 75.4 cm³/mol. The SMILES string of the molecule is C1=CCC2C(=C1)OC1CNCCC12.C1=CCOC=C1. The van der Waals surface area contributed by atoms with Crippen LogP contribution in [0.3, 0.4) is 0 Å². The van der Waals surface area contributed by atoms with Gasteiger partial charge in [-0.05, 0) is 37.6 Å². The molecule has 4 rings (SSSR count). The summed E-state index contributed by atoms with van der Waals surface area (Å²) >= 11 is 0. The van der Waals surface area contributed by atoms with E-state index < -0.39 is 0 Å². The summed E-state index contributed by atoms with van der Waals surface area (Å²) in [5, 5.41) is 3.39. The Labute approximate surface area is 114 Å². The van der Waals surface area contributed by atoms with E-state index in [1.807, 2.05) is 18.2 Å². The first-order valence-corrected chi connectivity index (χ1v) is 7.12. The monoisotopic (exact) mass is 259 g/mol. The summed E-state index contributed by atoms with van der Waals surface area (Å²) < 4.78 is 10.7. The van der Waals surface area contributed by atoms with Crippen molar-refractivity contribution < 1.29 is 9.47 Å². The molecule has 2 fully saturated rings. The molecule has 2 saturated heterocycles. The fraction of sp³-hybridized carbons (Fsp3) is 0.500. The molecule has 3 aliphatic heterocycles. The van der Waals surface area contributed by atoms with Gasteiger partial charge in [-0.3, -0.25) is 0 Å². The van der Waals surface area contributed by atoms with E-state index in [2.05, 4.69) is 23.5 Å². The maximum Gasteiger partial charge on any atom is 0.114 e. The molecule has 1 aliphatic carbocycles. The lowest BCUT2D eigenvalue weighted by Gasteiger charge is -2.26. The van der Waals surface area contributed by atoms with E-state index in [0.29, 0.717) is 12.0 Å².